The van der Waals surface area contributed by atoms with Gasteiger partial charge in [-0.2, -0.15) is 0 Å². The molecule has 4 heteroatoms. The van der Waals surface area contributed by atoms with Gasteiger partial charge >= 0.3 is 5.97 Å². The van der Waals surface area contributed by atoms with E-state index in [9.17, 15) is 4.79 Å². The van der Waals surface area contributed by atoms with Gasteiger partial charge in [0.15, 0.2) is 0 Å². The molecule has 1 saturated carbocycles. The fourth-order valence-electron chi connectivity index (χ4n) is 1.57. The Morgan fingerprint density at radius 3 is 2.79 bits per heavy atom. The maximum atomic E-state index is 11.0. The Morgan fingerprint density at radius 2 is 2.29 bits per heavy atom. The van der Waals surface area contributed by atoms with Crippen LogP contribution in [0, 0.1) is 5.41 Å². The first kappa shape index (κ1) is 11.5. The molecule has 1 rings (SSSR count). The van der Waals surface area contributed by atoms with Crippen molar-refractivity contribution < 1.29 is 14.6 Å². The lowest BCUT2D eigenvalue weighted by Gasteiger charge is -2.13. The Labute approximate surface area is 84.6 Å². The first-order chi connectivity index (χ1) is 6.72. The monoisotopic (exact) mass is 201 g/mol. The highest BCUT2D eigenvalue weighted by molar-refractivity contribution is 5.71. The predicted molar refractivity (Wildman–Crippen MR) is 52.9 cm³/mol. The van der Waals surface area contributed by atoms with Crippen molar-refractivity contribution in [3.05, 3.63) is 0 Å². The first-order valence-corrected chi connectivity index (χ1v) is 5.20. The molecule has 0 spiro atoms. The summed E-state index contributed by atoms with van der Waals surface area (Å²) in [7, 11) is 0. The van der Waals surface area contributed by atoms with E-state index in [1.165, 1.54) is 0 Å². The number of hydrogen-bond donors (Lipinski definition) is 2. The van der Waals surface area contributed by atoms with Gasteiger partial charge in [-0.3, -0.25) is 4.79 Å². The lowest BCUT2D eigenvalue weighted by atomic mass is 10.0. The number of rotatable bonds is 7. The molecule has 2 N–H and O–H groups in total. The van der Waals surface area contributed by atoms with Crippen LogP contribution in [0.3, 0.4) is 0 Å². The number of nitrogens with one attached hydrogen (secondary N) is 1. The second-order valence-corrected chi connectivity index (χ2v) is 3.88. The molecular weight excluding hydrogens is 182 g/mol. The normalized spacial score (nSPS) is 17.9. The average Bonchev–Trinajstić information content (AvgIpc) is 2.86. The Morgan fingerprint density at radius 1 is 1.57 bits per heavy atom. The lowest BCUT2D eigenvalue weighted by molar-refractivity contribution is -0.142. The van der Waals surface area contributed by atoms with Crippen LogP contribution in [-0.2, 0) is 9.53 Å². The number of ether oxygens (including phenoxy) is 1. The molecule has 0 aromatic carbocycles. The van der Waals surface area contributed by atoms with Crippen molar-refractivity contribution in [3.63, 3.8) is 0 Å². The fraction of sp³-hybridized carbons (Fsp3) is 0.900. The summed E-state index contributed by atoms with van der Waals surface area (Å²) in [4.78, 5) is 11.0. The largest absolute Gasteiger partial charge is 0.465 e. The summed E-state index contributed by atoms with van der Waals surface area (Å²) in [6, 6.07) is 0. The van der Waals surface area contributed by atoms with Gasteiger partial charge < -0.3 is 15.2 Å². The molecular formula is C10H19NO3. The van der Waals surface area contributed by atoms with Crippen molar-refractivity contribution in [2.75, 3.05) is 26.3 Å². The number of carbonyl (C=O) groups is 1. The van der Waals surface area contributed by atoms with E-state index in [1.54, 1.807) is 6.92 Å². The van der Waals surface area contributed by atoms with Gasteiger partial charge in [-0.05, 0) is 31.6 Å². The summed E-state index contributed by atoms with van der Waals surface area (Å²) in [6.45, 7) is 3.56. The third-order valence-electron chi connectivity index (χ3n) is 2.67. The van der Waals surface area contributed by atoms with E-state index in [0.717, 1.165) is 25.8 Å². The molecule has 0 amide bonds. The zero-order chi connectivity index (χ0) is 10.4. The number of aliphatic hydroxyl groups excluding tert-OH is 1. The van der Waals surface area contributed by atoms with Gasteiger partial charge in [0.2, 0.25) is 0 Å². The van der Waals surface area contributed by atoms with Gasteiger partial charge in [0.05, 0.1) is 13.2 Å². The topological polar surface area (TPSA) is 58.6 Å². The van der Waals surface area contributed by atoms with Crippen LogP contribution in [-0.4, -0.2) is 37.4 Å². The molecule has 4 nitrogen and oxygen atoms in total. The smallest absolute Gasteiger partial charge is 0.319 e. The summed E-state index contributed by atoms with van der Waals surface area (Å²) in [5, 5.41) is 11.9. The van der Waals surface area contributed by atoms with Crippen LogP contribution in [0.15, 0.2) is 0 Å². The lowest BCUT2D eigenvalue weighted by Crippen LogP contribution is -2.30. The Balaban J connectivity index is 2.06. The molecule has 0 radical (unpaired) electrons. The summed E-state index contributed by atoms with van der Waals surface area (Å²) in [6.07, 6.45) is 3.15. The van der Waals surface area contributed by atoms with Crippen LogP contribution < -0.4 is 5.32 Å². The van der Waals surface area contributed by atoms with Gasteiger partial charge in [-0.15, -0.1) is 0 Å². The molecule has 0 atom stereocenters. The zero-order valence-corrected chi connectivity index (χ0v) is 8.71. The van der Waals surface area contributed by atoms with Gasteiger partial charge in [0.25, 0.3) is 0 Å². The van der Waals surface area contributed by atoms with Crippen molar-refractivity contribution >= 4 is 5.97 Å². The summed E-state index contributed by atoms with van der Waals surface area (Å²) in [5.41, 5.74) is 0.265. The van der Waals surface area contributed by atoms with Crippen LogP contribution in [0.1, 0.15) is 26.2 Å². The molecule has 0 aromatic rings. The molecule has 0 saturated heterocycles. The molecule has 0 heterocycles. The molecule has 0 bridgehead atoms. The van der Waals surface area contributed by atoms with E-state index in [0.29, 0.717) is 6.61 Å². The van der Waals surface area contributed by atoms with Crippen LogP contribution in [0.4, 0.5) is 0 Å². The average molecular weight is 201 g/mol. The van der Waals surface area contributed by atoms with E-state index in [2.05, 4.69) is 5.32 Å². The Hall–Kier alpha value is -0.610. The molecule has 1 aliphatic rings. The maximum Gasteiger partial charge on any atom is 0.319 e. The highest BCUT2D eigenvalue weighted by atomic mass is 16.5. The van der Waals surface area contributed by atoms with Gasteiger partial charge in [0.1, 0.15) is 0 Å². The van der Waals surface area contributed by atoms with Crippen LogP contribution in [0.5, 0.6) is 0 Å². The van der Waals surface area contributed by atoms with Crippen molar-refractivity contribution in [1.29, 1.82) is 0 Å². The van der Waals surface area contributed by atoms with Gasteiger partial charge in [-0.25, -0.2) is 0 Å². The van der Waals surface area contributed by atoms with Gasteiger partial charge in [-0.1, -0.05) is 0 Å². The molecule has 0 aliphatic heterocycles. The second-order valence-electron chi connectivity index (χ2n) is 3.88. The van der Waals surface area contributed by atoms with Crippen molar-refractivity contribution in [3.8, 4) is 0 Å². The molecule has 1 fully saturated rings. The molecule has 82 valence electrons. The summed E-state index contributed by atoms with van der Waals surface area (Å²) < 4.78 is 4.79. The Bertz CT molecular complexity index is 190. The van der Waals surface area contributed by atoms with E-state index < -0.39 is 0 Å². The van der Waals surface area contributed by atoms with Crippen LogP contribution in [0.2, 0.25) is 0 Å². The van der Waals surface area contributed by atoms with E-state index >= 15 is 0 Å². The van der Waals surface area contributed by atoms with Gasteiger partial charge in [0, 0.05) is 13.2 Å². The maximum absolute atomic E-state index is 11.0. The first-order valence-electron chi connectivity index (χ1n) is 5.20. The highest BCUT2D eigenvalue weighted by Gasteiger charge is 2.41. The molecule has 14 heavy (non-hydrogen) atoms. The summed E-state index contributed by atoms with van der Waals surface area (Å²) >= 11 is 0. The quantitative estimate of drug-likeness (QED) is 0.582. The SMILES string of the molecule is CCOC(=O)CNCC1(CCO)CC1. The third kappa shape index (κ3) is 3.64. The van der Waals surface area contributed by atoms with Crippen molar-refractivity contribution in [1.82, 2.24) is 5.32 Å². The van der Waals surface area contributed by atoms with Crippen molar-refractivity contribution in [2.24, 2.45) is 5.41 Å². The van der Waals surface area contributed by atoms with Crippen LogP contribution in [0.25, 0.3) is 0 Å². The molecule has 0 unspecified atom stereocenters. The van der Waals surface area contributed by atoms with E-state index in [1.807, 2.05) is 0 Å². The zero-order valence-electron chi connectivity index (χ0n) is 8.71. The second kappa shape index (κ2) is 5.32. The standard InChI is InChI=1S/C10H19NO3/c1-2-14-9(13)7-11-8-10(3-4-10)5-6-12/h11-12H,2-8H2,1H3. The molecule has 1 aliphatic carbocycles. The number of hydrogen-bond acceptors (Lipinski definition) is 4. The third-order valence-corrected chi connectivity index (χ3v) is 2.67. The summed E-state index contributed by atoms with van der Waals surface area (Å²) in [5.74, 6) is -0.202. The minimum Gasteiger partial charge on any atom is -0.465 e. The minimum absolute atomic E-state index is 0.202. The van der Waals surface area contributed by atoms with E-state index in [-0.39, 0.29) is 24.5 Å². The fourth-order valence-corrected chi connectivity index (χ4v) is 1.57. The minimum atomic E-state index is -0.202. The van der Waals surface area contributed by atoms with Crippen LogP contribution >= 0.6 is 0 Å². The van der Waals surface area contributed by atoms with Crippen molar-refractivity contribution in [2.45, 2.75) is 26.2 Å². The highest BCUT2D eigenvalue weighted by Crippen LogP contribution is 2.47. The number of esters is 1. The molecule has 0 aromatic heterocycles. The Kier molecular flexibility index (Phi) is 4.35. The number of aliphatic hydroxyl groups is 1. The predicted octanol–water partition coefficient (Wildman–Crippen LogP) is 0.302. The van der Waals surface area contributed by atoms with E-state index in [4.69, 9.17) is 9.84 Å². The number of carbonyl (C=O) groups excluding carboxylic acids is 1.